The van der Waals surface area contributed by atoms with Crippen LogP contribution in [0.5, 0.6) is 5.75 Å². The van der Waals surface area contributed by atoms with Crippen molar-refractivity contribution >= 4 is 11.9 Å². The number of carbonyl (C=O) groups is 2. The van der Waals surface area contributed by atoms with Gasteiger partial charge in [-0.3, -0.25) is 4.79 Å². The number of aliphatic carboxylic acids is 1. The molecule has 3 N–H and O–H groups in total. The van der Waals surface area contributed by atoms with Gasteiger partial charge in [-0.25, -0.2) is 4.79 Å². The third kappa shape index (κ3) is 3.05. The molecule has 5 heteroatoms. The molecule has 1 saturated carbocycles. The summed E-state index contributed by atoms with van der Waals surface area (Å²) in [5.74, 6) is -1.03. The number of aromatic hydroxyl groups is 1. The van der Waals surface area contributed by atoms with Gasteiger partial charge in [0, 0.05) is 5.92 Å². The summed E-state index contributed by atoms with van der Waals surface area (Å²) in [7, 11) is 0. The van der Waals surface area contributed by atoms with Gasteiger partial charge in [0.25, 0.3) is 0 Å². The number of carboxylic acids is 1. The van der Waals surface area contributed by atoms with Crippen molar-refractivity contribution in [2.75, 3.05) is 0 Å². The van der Waals surface area contributed by atoms with E-state index < -0.39 is 12.0 Å². The van der Waals surface area contributed by atoms with Gasteiger partial charge in [0.2, 0.25) is 5.91 Å². The Morgan fingerprint density at radius 3 is 2.53 bits per heavy atom. The van der Waals surface area contributed by atoms with Gasteiger partial charge in [-0.15, -0.1) is 0 Å². The van der Waals surface area contributed by atoms with Gasteiger partial charge >= 0.3 is 5.97 Å². The van der Waals surface area contributed by atoms with Crippen LogP contribution in [-0.2, 0) is 9.59 Å². The number of benzene rings is 1. The van der Waals surface area contributed by atoms with Crippen LogP contribution in [-0.4, -0.2) is 28.1 Å². The maximum atomic E-state index is 11.9. The Morgan fingerprint density at radius 1 is 1.37 bits per heavy atom. The predicted octanol–water partition coefficient (Wildman–Crippen LogP) is 1.48. The fourth-order valence-electron chi connectivity index (χ4n) is 2.19. The summed E-state index contributed by atoms with van der Waals surface area (Å²) in [6.07, 6.45) is 1.10. The van der Waals surface area contributed by atoms with Crippen molar-refractivity contribution in [3.8, 4) is 5.75 Å². The largest absolute Gasteiger partial charge is 0.508 e. The number of hydrogen-bond acceptors (Lipinski definition) is 3. The lowest BCUT2D eigenvalue weighted by molar-refractivity contribution is -0.142. The molecular weight excluding hydrogens is 246 g/mol. The lowest BCUT2D eigenvalue weighted by Crippen LogP contribution is -2.41. The summed E-state index contributed by atoms with van der Waals surface area (Å²) < 4.78 is 0. The minimum Gasteiger partial charge on any atom is -0.508 e. The van der Waals surface area contributed by atoms with Crippen LogP contribution in [0.25, 0.3) is 0 Å². The van der Waals surface area contributed by atoms with Gasteiger partial charge < -0.3 is 15.5 Å². The minimum atomic E-state index is -1.00. The van der Waals surface area contributed by atoms with Gasteiger partial charge in [-0.05, 0) is 36.5 Å². The average molecular weight is 263 g/mol. The maximum Gasteiger partial charge on any atom is 0.326 e. The molecule has 5 nitrogen and oxygen atoms in total. The Hall–Kier alpha value is -2.04. The van der Waals surface area contributed by atoms with Crippen LogP contribution in [0.3, 0.4) is 0 Å². The summed E-state index contributed by atoms with van der Waals surface area (Å²) in [5.41, 5.74) is 1.00. The molecular formula is C14H17NO4. The molecule has 3 atom stereocenters. The summed E-state index contributed by atoms with van der Waals surface area (Å²) in [5, 5.41) is 20.6. The fourth-order valence-corrected chi connectivity index (χ4v) is 2.19. The van der Waals surface area contributed by atoms with Gasteiger partial charge in [-0.1, -0.05) is 19.1 Å². The monoisotopic (exact) mass is 263 g/mol. The van der Waals surface area contributed by atoms with Crippen LogP contribution in [0.1, 0.15) is 31.2 Å². The molecule has 2 rings (SSSR count). The summed E-state index contributed by atoms with van der Waals surface area (Å²) >= 11 is 0. The Bertz CT molecular complexity index is 483. The van der Waals surface area contributed by atoms with Crippen LogP contribution in [0.4, 0.5) is 0 Å². The number of phenols is 1. The summed E-state index contributed by atoms with van der Waals surface area (Å²) in [4.78, 5) is 22.8. The van der Waals surface area contributed by atoms with Gasteiger partial charge in [-0.2, -0.15) is 0 Å². The van der Waals surface area contributed by atoms with Crippen molar-refractivity contribution in [3.05, 3.63) is 29.8 Å². The Morgan fingerprint density at radius 2 is 2.00 bits per heavy atom. The molecule has 0 aliphatic heterocycles. The van der Waals surface area contributed by atoms with Crippen LogP contribution < -0.4 is 5.32 Å². The highest BCUT2D eigenvalue weighted by Crippen LogP contribution is 2.47. The van der Waals surface area contributed by atoms with E-state index in [2.05, 4.69) is 5.32 Å². The standard InChI is InChI=1S/C14H17NO4/c1-2-12(14(18)19)15-13(17)11-7-10(11)8-3-5-9(16)6-4-8/h3-6,10-12,16H,2,7H2,1H3,(H,15,17)(H,18,19). The highest BCUT2D eigenvalue weighted by molar-refractivity contribution is 5.87. The number of hydrogen-bond donors (Lipinski definition) is 3. The van der Waals surface area contributed by atoms with E-state index in [9.17, 15) is 14.7 Å². The number of phenolic OH excluding ortho intramolecular Hbond substituents is 1. The molecule has 0 spiro atoms. The smallest absolute Gasteiger partial charge is 0.326 e. The highest BCUT2D eigenvalue weighted by atomic mass is 16.4. The Balaban J connectivity index is 1.93. The van der Waals surface area contributed by atoms with E-state index in [1.54, 1.807) is 31.2 Å². The van der Waals surface area contributed by atoms with E-state index in [0.717, 1.165) is 12.0 Å². The van der Waals surface area contributed by atoms with Crippen molar-refractivity contribution in [3.63, 3.8) is 0 Å². The van der Waals surface area contributed by atoms with Crippen molar-refractivity contribution in [2.45, 2.75) is 31.7 Å². The van der Waals surface area contributed by atoms with E-state index in [-0.39, 0.29) is 23.5 Å². The lowest BCUT2D eigenvalue weighted by atomic mass is 10.1. The maximum absolute atomic E-state index is 11.9. The van der Waals surface area contributed by atoms with Crippen molar-refractivity contribution in [2.24, 2.45) is 5.92 Å². The van der Waals surface area contributed by atoms with Crippen LogP contribution >= 0.6 is 0 Å². The van der Waals surface area contributed by atoms with Crippen molar-refractivity contribution < 1.29 is 19.8 Å². The van der Waals surface area contributed by atoms with Gasteiger partial charge in [0.15, 0.2) is 0 Å². The topological polar surface area (TPSA) is 86.6 Å². The zero-order valence-corrected chi connectivity index (χ0v) is 10.7. The fraction of sp³-hybridized carbons (Fsp3) is 0.429. The molecule has 0 aromatic heterocycles. The number of carboxylic acid groups (broad SMARTS) is 1. The van der Waals surface area contributed by atoms with Crippen LogP contribution in [0.2, 0.25) is 0 Å². The highest BCUT2D eigenvalue weighted by Gasteiger charge is 2.44. The molecule has 1 aliphatic rings. The third-order valence-corrected chi connectivity index (χ3v) is 3.47. The number of rotatable bonds is 5. The molecule has 3 unspecified atom stereocenters. The number of carbonyl (C=O) groups excluding carboxylic acids is 1. The Kier molecular flexibility index (Phi) is 3.74. The first kappa shape index (κ1) is 13.4. The SMILES string of the molecule is CCC(NC(=O)C1CC1c1ccc(O)cc1)C(=O)O. The number of amides is 1. The summed E-state index contributed by atoms with van der Waals surface area (Å²) in [6, 6.07) is 5.96. The van der Waals surface area contributed by atoms with Gasteiger partial charge in [0.1, 0.15) is 11.8 Å². The van der Waals surface area contributed by atoms with Crippen molar-refractivity contribution in [1.29, 1.82) is 0 Å². The molecule has 0 heterocycles. The second kappa shape index (κ2) is 5.30. The number of nitrogens with one attached hydrogen (secondary N) is 1. The molecule has 0 radical (unpaired) electrons. The summed E-state index contributed by atoms with van der Waals surface area (Å²) in [6.45, 7) is 1.73. The molecule has 1 aromatic carbocycles. The molecule has 0 bridgehead atoms. The quantitative estimate of drug-likeness (QED) is 0.751. The van der Waals surface area contributed by atoms with Crippen molar-refractivity contribution in [1.82, 2.24) is 5.32 Å². The molecule has 1 aromatic rings. The molecule has 19 heavy (non-hydrogen) atoms. The average Bonchev–Trinajstić information content (AvgIpc) is 3.16. The molecule has 102 valence electrons. The Labute approximate surface area is 111 Å². The van der Waals surface area contributed by atoms with E-state index in [4.69, 9.17) is 5.11 Å². The minimum absolute atomic E-state index is 0.131. The van der Waals surface area contributed by atoms with E-state index in [0.29, 0.717) is 6.42 Å². The first-order chi connectivity index (χ1) is 9.02. The van der Waals surface area contributed by atoms with Crippen LogP contribution in [0.15, 0.2) is 24.3 Å². The van der Waals surface area contributed by atoms with E-state index in [1.165, 1.54) is 0 Å². The van der Waals surface area contributed by atoms with E-state index in [1.807, 2.05) is 0 Å². The molecule has 1 fully saturated rings. The first-order valence-electron chi connectivity index (χ1n) is 6.35. The first-order valence-corrected chi connectivity index (χ1v) is 6.35. The second-order valence-corrected chi connectivity index (χ2v) is 4.85. The lowest BCUT2D eigenvalue weighted by Gasteiger charge is -2.12. The van der Waals surface area contributed by atoms with Crippen LogP contribution in [0, 0.1) is 5.92 Å². The zero-order chi connectivity index (χ0) is 14.0. The molecule has 0 saturated heterocycles. The normalized spacial score (nSPS) is 22.6. The zero-order valence-electron chi connectivity index (χ0n) is 10.7. The predicted molar refractivity (Wildman–Crippen MR) is 68.8 cm³/mol. The second-order valence-electron chi connectivity index (χ2n) is 4.85. The third-order valence-electron chi connectivity index (χ3n) is 3.47. The molecule has 1 aliphatic carbocycles. The molecule has 1 amide bonds. The van der Waals surface area contributed by atoms with E-state index >= 15 is 0 Å². The van der Waals surface area contributed by atoms with Gasteiger partial charge in [0.05, 0.1) is 0 Å².